The number of rotatable bonds is 5. The summed E-state index contributed by atoms with van der Waals surface area (Å²) >= 11 is 6.16. The van der Waals surface area contributed by atoms with Gasteiger partial charge in [0.2, 0.25) is 5.95 Å². The Morgan fingerprint density at radius 2 is 1.88 bits per heavy atom. The van der Waals surface area contributed by atoms with Crippen molar-refractivity contribution in [3.63, 3.8) is 0 Å². The highest BCUT2D eigenvalue weighted by Gasteiger charge is 2.14. The molecule has 32 heavy (non-hydrogen) atoms. The van der Waals surface area contributed by atoms with Crippen LogP contribution in [0, 0.1) is 6.92 Å². The van der Waals surface area contributed by atoms with Crippen LogP contribution in [0.4, 0.5) is 23.1 Å². The zero-order chi connectivity index (χ0) is 22.1. The monoisotopic (exact) mass is 445 g/mol. The van der Waals surface area contributed by atoms with E-state index in [0.717, 1.165) is 52.6 Å². The predicted octanol–water partition coefficient (Wildman–Crippen LogP) is 4.97. The van der Waals surface area contributed by atoms with E-state index in [-0.39, 0.29) is 0 Å². The summed E-state index contributed by atoms with van der Waals surface area (Å²) in [7, 11) is 1.90. The van der Waals surface area contributed by atoms with E-state index in [9.17, 15) is 0 Å². The first-order chi connectivity index (χ1) is 15.5. The number of aryl methyl sites for hydroxylation is 2. The summed E-state index contributed by atoms with van der Waals surface area (Å²) in [4.78, 5) is 9.34. The Hall–Kier alpha value is -3.42. The molecule has 2 aromatic carbocycles. The number of halogens is 1. The van der Waals surface area contributed by atoms with Gasteiger partial charge in [-0.3, -0.25) is 4.68 Å². The van der Waals surface area contributed by atoms with Crippen molar-refractivity contribution < 1.29 is 0 Å². The molecular weight excluding hydrogens is 422 g/mol. The Morgan fingerprint density at radius 1 is 1.03 bits per heavy atom. The lowest BCUT2D eigenvalue weighted by atomic mass is 10.0. The Kier molecular flexibility index (Phi) is 5.51. The van der Waals surface area contributed by atoms with Crippen molar-refractivity contribution in [2.75, 3.05) is 17.2 Å². The Balaban J connectivity index is 1.50. The third-order valence-corrected chi connectivity index (χ3v) is 6.00. The van der Waals surface area contributed by atoms with Gasteiger partial charge in [0.1, 0.15) is 5.82 Å². The van der Waals surface area contributed by atoms with Crippen molar-refractivity contribution in [3.8, 4) is 11.1 Å². The molecule has 8 heteroatoms. The topological polar surface area (TPSA) is 79.7 Å². The molecular formula is C24H24ClN7. The molecule has 0 spiro atoms. The molecule has 0 bridgehead atoms. The first kappa shape index (κ1) is 20.5. The maximum atomic E-state index is 6.16. The van der Waals surface area contributed by atoms with Gasteiger partial charge in [-0.15, -0.1) is 0 Å². The van der Waals surface area contributed by atoms with Crippen LogP contribution in [0.5, 0.6) is 0 Å². The SMILES string of the molecule is Cc1cc(Nc2ncc(-c3cnn(C)c3)c(Nc3ccc4c(c3)CNCC4)n2)ccc1Cl. The van der Waals surface area contributed by atoms with Gasteiger partial charge in [0.05, 0.1) is 6.20 Å². The maximum Gasteiger partial charge on any atom is 0.229 e. The van der Waals surface area contributed by atoms with Gasteiger partial charge in [0, 0.05) is 53.5 Å². The lowest BCUT2D eigenvalue weighted by Crippen LogP contribution is -2.23. The molecule has 4 aromatic rings. The quantitative estimate of drug-likeness (QED) is 0.402. The minimum absolute atomic E-state index is 0.501. The van der Waals surface area contributed by atoms with E-state index in [2.05, 4.69) is 44.2 Å². The van der Waals surface area contributed by atoms with E-state index in [1.807, 2.05) is 50.8 Å². The van der Waals surface area contributed by atoms with Gasteiger partial charge in [-0.05, 0) is 66.9 Å². The Bertz CT molecular complexity index is 1280. The molecule has 162 valence electrons. The molecule has 1 aliphatic rings. The third-order valence-electron chi connectivity index (χ3n) is 5.57. The summed E-state index contributed by atoms with van der Waals surface area (Å²) in [5.74, 6) is 1.21. The lowest BCUT2D eigenvalue weighted by molar-refractivity contribution is 0.644. The van der Waals surface area contributed by atoms with Crippen molar-refractivity contribution in [3.05, 3.63) is 76.7 Å². The van der Waals surface area contributed by atoms with Crippen LogP contribution < -0.4 is 16.0 Å². The van der Waals surface area contributed by atoms with E-state index in [0.29, 0.717) is 11.8 Å². The highest BCUT2D eigenvalue weighted by molar-refractivity contribution is 6.31. The van der Waals surface area contributed by atoms with E-state index in [4.69, 9.17) is 16.6 Å². The smallest absolute Gasteiger partial charge is 0.229 e. The molecule has 0 unspecified atom stereocenters. The minimum Gasteiger partial charge on any atom is -0.340 e. The largest absolute Gasteiger partial charge is 0.340 e. The molecule has 2 aromatic heterocycles. The second-order valence-electron chi connectivity index (χ2n) is 7.98. The van der Waals surface area contributed by atoms with E-state index >= 15 is 0 Å². The number of benzene rings is 2. The average molecular weight is 446 g/mol. The number of hydrogen-bond donors (Lipinski definition) is 3. The zero-order valence-electron chi connectivity index (χ0n) is 18.0. The molecule has 0 saturated heterocycles. The average Bonchev–Trinajstić information content (AvgIpc) is 3.22. The zero-order valence-corrected chi connectivity index (χ0v) is 18.7. The Morgan fingerprint density at radius 3 is 2.69 bits per heavy atom. The van der Waals surface area contributed by atoms with Crippen LogP contribution >= 0.6 is 11.6 Å². The van der Waals surface area contributed by atoms with Gasteiger partial charge < -0.3 is 16.0 Å². The maximum absolute atomic E-state index is 6.16. The summed E-state index contributed by atoms with van der Waals surface area (Å²) in [6.45, 7) is 3.88. The van der Waals surface area contributed by atoms with Crippen molar-refractivity contribution in [2.24, 2.45) is 7.05 Å². The molecule has 0 saturated carbocycles. The predicted molar refractivity (Wildman–Crippen MR) is 129 cm³/mol. The summed E-state index contributed by atoms with van der Waals surface area (Å²) in [6.07, 6.45) is 6.64. The van der Waals surface area contributed by atoms with Crippen LogP contribution in [-0.2, 0) is 20.0 Å². The van der Waals surface area contributed by atoms with Gasteiger partial charge >= 0.3 is 0 Å². The normalized spacial score (nSPS) is 13.0. The summed E-state index contributed by atoms with van der Waals surface area (Å²) < 4.78 is 1.77. The number of aromatic nitrogens is 4. The fraction of sp³-hybridized carbons (Fsp3) is 0.208. The van der Waals surface area contributed by atoms with Gasteiger partial charge in [-0.1, -0.05) is 17.7 Å². The van der Waals surface area contributed by atoms with Gasteiger partial charge in [0.15, 0.2) is 0 Å². The molecule has 0 atom stereocenters. The molecule has 7 nitrogen and oxygen atoms in total. The fourth-order valence-corrected chi connectivity index (χ4v) is 3.97. The molecule has 5 rings (SSSR count). The molecule has 0 amide bonds. The Labute approximate surface area is 191 Å². The number of anilines is 4. The third kappa shape index (κ3) is 4.30. The molecule has 3 heterocycles. The van der Waals surface area contributed by atoms with E-state index in [1.54, 1.807) is 4.68 Å². The van der Waals surface area contributed by atoms with Crippen LogP contribution in [0.1, 0.15) is 16.7 Å². The number of nitrogens with zero attached hydrogens (tertiary/aromatic N) is 4. The van der Waals surface area contributed by atoms with Crippen molar-refractivity contribution in [2.45, 2.75) is 19.9 Å². The summed E-state index contributed by atoms with van der Waals surface area (Å²) in [5.41, 5.74) is 7.40. The summed E-state index contributed by atoms with van der Waals surface area (Å²) in [5, 5.41) is 15.2. The first-order valence-corrected chi connectivity index (χ1v) is 10.9. The number of fused-ring (bicyclic) bond motifs is 1. The standard InChI is InChI=1S/C24H24ClN7/c1-15-9-19(5-6-22(15)25)30-24-27-13-21(18-12-28-32(2)14-18)23(31-24)29-20-4-3-16-7-8-26-11-17(16)10-20/h3-6,9-10,12-14,26H,7-8,11H2,1-2H3,(H2,27,29,30,31). The molecule has 0 aliphatic carbocycles. The highest BCUT2D eigenvalue weighted by Crippen LogP contribution is 2.31. The molecule has 0 fully saturated rings. The van der Waals surface area contributed by atoms with Crippen LogP contribution in [0.15, 0.2) is 55.0 Å². The highest BCUT2D eigenvalue weighted by atomic mass is 35.5. The number of hydrogen-bond acceptors (Lipinski definition) is 6. The van der Waals surface area contributed by atoms with Crippen molar-refractivity contribution >= 4 is 34.7 Å². The van der Waals surface area contributed by atoms with E-state index in [1.165, 1.54) is 11.1 Å². The minimum atomic E-state index is 0.501. The van der Waals surface area contributed by atoms with Crippen LogP contribution in [0.25, 0.3) is 11.1 Å². The molecule has 3 N–H and O–H groups in total. The second-order valence-corrected chi connectivity index (χ2v) is 8.39. The van der Waals surface area contributed by atoms with Crippen LogP contribution in [-0.4, -0.2) is 26.3 Å². The van der Waals surface area contributed by atoms with Gasteiger partial charge in [-0.2, -0.15) is 10.1 Å². The van der Waals surface area contributed by atoms with Gasteiger partial charge in [0.25, 0.3) is 0 Å². The fourth-order valence-electron chi connectivity index (χ4n) is 3.86. The molecule has 1 aliphatic heterocycles. The second kappa shape index (κ2) is 8.61. The van der Waals surface area contributed by atoms with E-state index < -0.39 is 0 Å². The van der Waals surface area contributed by atoms with Crippen LogP contribution in [0.2, 0.25) is 5.02 Å². The first-order valence-electron chi connectivity index (χ1n) is 10.5. The van der Waals surface area contributed by atoms with Crippen LogP contribution in [0.3, 0.4) is 0 Å². The molecule has 0 radical (unpaired) electrons. The van der Waals surface area contributed by atoms with Crippen molar-refractivity contribution in [1.29, 1.82) is 0 Å². The van der Waals surface area contributed by atoms with Gasteiger partial charge in [-0.25, -0.2) is 4.98 Å². The number of nitrogens with one attached hydrogen (secondary N) is 3. The summed E-state index contributed by atoms with van der Waals surface area (Å²) in [6, 6.07) is 12.2. The lowest BCUT2D eigenvalue weighted by Gasteiger charge is -2.19. The van der Waals surface area contributed by atoms with Crippen molar-refractivity contribution in [1.82, 2.24) is 25.1 Å².